The lowest BCUT2D eigenvalue weighted by molar-refractivity contribution is 0.0951. The number of hydrogen-bond donors (Lipinski definition) is 1. The van der Waals surface area contributed by atoms with Gasteiger partial charge in [0.1, 0.15) is 0 Å². The van der Waals surface area contributed by atoms with E-state index in [0.717, 1.165) is 27.1 Å². The molecule has 1 amide bonds. The first kappa shape index (κ1) is 22.3. The van der Waals surface area contributed by atoms with Gasteiger partial charge in [0.2, 0.25) is 0 Å². The highest BCUT2D eigenvalue weighted by molar-refractivity contribution is 6.31. The van der Waals surface area contributed by atoms with Crippen molar-refractivity contribution < 1.29 is 4.79 Å². The van der Waals surface area contributed by atoms with Crippen molar-refractivity contribution in [2.45, 2.75) is 19.1 Å². The minimum absolute atomic E-state index is 0.0680. The molecular weight excluding hydrogens is 443 g/mol. The van der Waals surface area contributed by atoms with Crippen molar-refractivity contribution in [3.63, 3.8) is 0 Å². The van der Waals surface area contributed by atoms with Crippen LogP contribution >= 0.6 is 23.2 Å². The van der Waals surface area contributed by atoms with Crippen LogP contribution in [-0.4, -0.2) is 34.7 Å². The molecule has 1 heterocycles. The number of hydrogen-bond acceptors (Lipinski definition) is 3. The van der Waals surface area contributed by atoms with Crippen LogP contribution in [0.5, 0.6) is 0 Å². The molecule has 0 aliphatic rings. The lowest BCUT2D eigenvalue weighted by Gasteiger charge is -2.25. The molecule has 4 rings (SSSR count). The molecule has 1 N–H and O–H groups in total. The van der Waals surface area contributed by atoms with Gasteiger partial charge < -0.3 is 10.2 Å². The Morgan fingerprint density at radius 2 is 1.88 bits per heavy atom. The van der Waals surface area contributed by atoms with Gasteiger partial charge in [0.05, 0.1) is 18.1 Å². The zero-order valence-electron chi connectivity index (χ0n) is 17.9. The Balaban J connectivity index is 1.51. The molecule has 0 radical (unpaired) electrons. The molecule has 1 unspecified atom stereocenters. The summed E-state index contributed by atoms with van der Waals surface area (Å²) in [5.41, 5.74) is 3.35. The van der Waals surface area contributed by atoms with Crippen LogP contribution < -0.4 is 5.32 Å². The van der Waals surface area contributed by atoms with Gasteiger partial charge in [-0.1, -0.05) is 59.6 Å². The highest BCUT2D eigenvalue weighted by Crippen LogP contribution is 2.28. The second-order valence-corrected chi connectivity index (χ2v) is 8.78. The van der Waals surface area contributed by atoms with E-state index >= 15 is 0 Å². The Morgan fingerprint density at radius 3 is 2.62 bits per heavy atom. The fourth-order valence-corrected chi connectivity index (χ4v) is 4.17. The Morgan fingerprint density at radius 1 is 1.06 bits per heavy atom. The molecule has 0 aliphatic heterocycles. The fraction of sp³-hybridized carbons (Fsp3) is 0.200. The number of aromatic nitrogens is 2. The number of nitrogens with zero attached hydrogens (tertiary/aromatic N) is 3. The summed E-state index contributed by atoms with van der Waals surface area (Å²) in [7, 11) is 4.05. The Bertz CT molecular complexity index is 1250. The summed E-state index contributed by atoms with van der Waals surface area (Å²) in [5, 5.41) is 10.0. The van der Waals surface area contributed by atoms with Gasteiger partial charge in [-0.05, 0) is 55.6 Å². The second kappa shape index (κ2) is 9.74. The predicted molar refractivity (Wildman–Crippen MR) is 130 cm³/mol. The zero-order chi connectivity index (χ0) is 22.7. The largest absolute Gasteiger partial charge is 0.348 e. The molecule has 3 aromatic carbocycles. The lowest BCUT2D eigenvalue weighted by Crippen LogP contribution is -2.25. The summed E-state index contributed by atoms with van der Waals surface area (Å²) in [5.74, 6) is -0.149. The number of halogens is 2. The molecule has 4 aromatic rings. The van der Waals surface area contributed by atoms with Gasteiger partial charge in [-0.25, -0.2) is 0 Å². The van der Waals surface area contributed by atoms with Crippen molar-refractivity contribution in [1.29, 1.82) is 0 Å². The van der Waals surface area contributed by atoms with Crippen molar-refractivity contribution in [3.05, 3.63) is 99.7 Å². The molecular formula is C25H24Cl2N4O. The number of carbonyl (C=O) groups excluding carboxylic acids is 1. The standard InChI is InChI=1S/C25H24Cl2N4O/c1-30(2)24(21-8-3-4-9-22(21)27)16-31-15-19-11-10-18(13-23(19)29-31)25(32)28-14-17-6-5-7-20(26)12-17/h3-13,15,24H,14,16H2,1-2H3,(H,28,32). The summed E-state index contributed by atoms with van der Waals surface area (Å²) >= 11 is 12.5. The molecule has 0 saturated heterocycles. The van der Waals surface area contributed by atoms with E-state index in [2.05, 4.69) is 10.2 Å². The molecule has 0 aliphatic carbocycles. The third kappa shape index (κ3) is 5.13. The first-order chi connectivity index (χ1) is 15.4. The normalized spacial score (nSPS) is 12.3. The van der Waals surface area contributed by atoms with Crippen LogP contribution in [0.4, 0.5) is 0 Å². The Labute approximate surface area is 197 Å². The number of benzene rings is 3. The number of amides is 1. The van der Waals surface area contributed by atoms with E-state index < -0.39 is 0 Å². The van der Waals surface area contributed by atoms with Gasteiger partial charge >= 0.3 is 0 Å². The first-order valence-corrected chi connectivity index (χ1v) is 11.1. The molecule has 7 heteroatoms. The van der Waals surface area contributed by atoms with Crippen molar-refractivity contribution in [2.75, 3.05) is 14.1 Å². The molecule has 0 bridgehead atoms. The topological polar surface area (TPSA) is 50.2 Å². The lowest BCUT2D eigenvalue weighted by atomic mass is 10.1. The smallest absolute Gasteiger partial charge is 0.251 e. The van der Waals surface area contributed by atoms with E-state index in [4.69, 9.17) is 28.3 Å². The molecule has 1 atom stereocenters. The zero-order valence-corrected chi connectivity index (χ0v) is 19.4. The minimum atomic E-state index is -0.149. The maximum absolute atomic E-state index is 12.6. The van der Waals surface area contributed by atoms with Crippen molar-refractivity contribution in [1.82, 2.24) is 20.0 Å². The molecule has 0 saturated carbocycles. The van der Waals surface area contributed by atoms with Crippen LogP contribution in [0.3, 0.4) is 0 Å². The van der Waals surface area contributed by atoms with Crippen molar-refractivity contribution >= 4 is 40.0 Å². The molecule has 5 nitrogen and oxygen atoms in total. The van der Waals surface area contributed by atoms with Crippen LogP contribution in [0.25, 0.3) is 10.9 Å². The van der Waals surface area contributed by atoms with Crippen molar-refractivity contribution in [3.8, 4) is 0 Å². The predicted octanol–water partition coefficient (Wildman–Crippen LogP) is 5.58. The Kier molecular flexibility index (Phi) is 6.80. The summed E-state index contributed by atoms with van der Waals surface area (Å²) < 4.78 is 1.91. The van der Waals surface area contributed by atoms with E-state index in [9.17, 15) is 4.79 Å². The summed E-state index contributed by atoms with van der Waals surface area (Å²) in [6.45, 7) is 1.05. The van der Waals surface area contributed by atoms with Crippen molar-refractivity contribution in [2.24, 2.45) is 0 Å². The number of carbonyl (C=O) groups is 1. The van der Waals surface area contributed by atoms with Gasteiger partial charge in [-0.15, -0.1) is 0 Å². The van der Waals surface area contributed by atoms with Crippen LogP contribution in [0.15, 0.2) is 72.9 Å². The van der Waals surface area contributed by atoms with Crippen LogP contribution in [0.1, 0.15) is 27.5 Å². The molecule has 1 aromatic heterocycles. The highest BCUT2D eigenvalue weighted by atomic mass is 35.5. The third-order valence-electron chi connectivity index (χ3n) is 5.41. The summed E-state index contributed by atoms with van der Waals surface area (Å²) in [4.78, 5) is 14.8. The van der Waals surface area contributed by atoms with E-state index in [0.29, 0.717) is 23.7 Å². The van der Waals surface area contributed by atoms with E-state index in [1.807, 2.05) is 91.7 Å². The number of rotatable bonds is 7. The summed E-state index contributed by atoms with van der Waals surface area (Å²) in [6.07, 6.45) is 2.00. The van der Waals surface area contributed by atoms with Gasteiger partial charge in [0, 0.05) is 33.7 Å². The monoisotopic (exact) mass is 466 g/mol. The number of fused-ring (bicyclic) bond motifs is 1. The average Bonchev–Trinajstić information content (AvgIpc) is 3.18. The van der Waals surface area contributed by atoms with Crippen LogP contribution in [0.2, 0.25) is 10.0 Å². The summed E-state index contributed by atoms with van der Waals surface area (Å²) in [6, 6.07) is 20.9. The quantitative estimate of drug-likeness (QED) is 0.386. The van der Waals surface area contributed by atoms with E-state index in [1.54, 1.807) is 0 Å². The second-order valence-electron chi connectivity index (χ2n) is 7.94. The third-order valence-corrected chi connectivity index (χ3v) is 5.99. The number of nitrogens with one attached hydrogen (secondary N) is 1. The SMILES string of the molecule is CN(C)C(Cn1cc2ccc(C(=O)NCc3cccc(Cl)c3)cc2n1)c1ccccc1Cl. The highest BCUT2D eigenvalue weighted by Gasteiger charge is 2.18. The maximum atomic E-state index is 12.6. The van der Waals surface area contributed by atoms with Gasteiger partial charge in [0.15, 0.2) is 0 Å². The van der Waals surface area contributed by atoms with Crippen LogP contribution in [0, 0.1) is 0 Å². The van der Waals surface area contributed by atoms with Gasteiger partial charge in [-0.3, -0.25) is 9.48 Å². The minimum Gasteiger partial charge on any atom is -0.348 e. The van der Waals surface area contributed by atoms with Gasteiger partial charge in [-0.2, -0.15) is 5.10 Å². The van der Waals surface area contributed by atoms with Gasteiger partial charge in [0.25, 0.3) is 5.91 Å². The molecule has 0 fully saturated rings. The molecule has 164 valence electrons. The average molecular weight is 467 g/mol. The first-order valence-electron chi connectivity index (χ1n) is 10.3. The van der Waals surface area contributed by atoms with Crippen LogP contribution in [-0.2, 0) is 13.1 Å². The van der Waals surface area contributed by atoms with E-state index in [1.165, 1.54) is 0 Å². The fourth-order valence-electron chi connectivity index (χ4n) is 3.70. The van der Waals surface area contributed by atoms with E-state index in [-0.39, 0.29) is 11.9 Å². The number of likely N-dealkylation sites (N-methyl/N-ethyl adjacent to an activating group) is 1. The Hall–Kier alpha value is -2.86. The molecule has 32 heavy (non-hydrogen) atoms. The molecule has 0 spiro atoms. The maximum Gasteiger partial charge on any atom is 0.251 e.